The number of hydrogen-bond donors (Lipinski definition) is 1. The molecule has 2 aromatic carbocycles. The van der Waals surface area contributed by atoms with Gasteiger partial charge in [0.15, 0.2) is 17.6 Å². The maximum Gasteiger partial charge on any atom is 0.265 e. The van der Waals surface area contributed by atoms with E-state index in [-0.39, 0.29) is 30.2 Å². The molecule has 0 unspecified atom stereocenters. The van der Waals surface area contributed by atoms with E-state index in [1.807, 2.05) is 67.1 Å². The van der Waals surface area contributed by atoms with Crippen molar-refractivity contribution in [1.29, 1.82) is 0 Å². The van der Waals surface area contributed by atoms with Crippen molar-refractivity contribution in [3.05, 3.63) is 58.8 Å². The molecule has 31 heavy (non-hydrogen) atoms. The Hall–Kier alpha value is -2.85. The highest BCUT2D eigenvalue weighted by molar-refractivity contribution is 9.10. The summed E-state index contributed by atoms with van der Waals surface area (Å²) in [5, 5.41) is 12.0. The molecule has 10 heteroatoms. The Labute approximate surface area is 192 Å². The van der Waals surface area contributed by atoms with Crippen molar-refractivity contribution < 1.29 is 14.3 Å². The molecule has 1 aliphatic heterocycles. The molecule has 0 spiro atoms. The highest BCUT2D eigenvalue weighted by Gasteiger charge is 2.32. The van der Waals surface area contributed by atoms with Crippen LogP contribution in [0.4, 0.5) is 11.4 Å². The van der Waals surface area contributed by atoms with Gasteiger partial charge in [-0.1, -0.05) is 45.9 Å². The van der Waals surface area contributed by atoms with Gasteiger partial charge >= 0.3 is 0 Å². The van der Waals surface area contributed by atoms with Crippen molar-refractivity contribution in [3.63, 3.8) is 0 Å². The number of nitrogens with one attached hydrogen (secondary N) is 1. The SMILES string of the molecule is C[C@H](c1nnc(SCC(=O)Nc2cccc(Br)c2)n1C)N1C(=O)COc2ccccc21. The second-order valence-electron chi connectivity index (χ2n) is 6.94. The average molecular weight is 502 g/mol. The van der Waals surface area contributed by atoms with Gasteiger partial charge in [0.2, 0.25) is 5.91 Å². The highest BCUT2D eigenvalue weighted by Crippen LogP contribution is 2.37. The van der Waals surface area contributed by atoms with Gasteiger partial charge in [-0.15, -0.1) is 10.2 Å². The second-order valence-corrected chi connectivity index (χ2v) is 8.80. The van der Waals surface area contributed by atoms with Gasteiger partial charge < -0.3 is 14.6 Å². The lowest BCUT2D eigenvalue weighted by Crippen LogP contribution is -2.41. The third-order valence-corrected chi connectivity index (χ3v) is 6.33. The fraction of sp³-hybridized carbons (Fsp3) is 0.238. The Morgan fingerprint density at radius 2 is 2.06 bits per heavy atom. The number of para-hydroxylation sites is 2. The summed E-state index contributed by atoms with van der Waals surface area (Å²) >= 11 is 4.67. The zero-order valence-electron chi connectivity index (χ0n) is 16.9. The number of carbonyl (C=O) groups excluding carboxylic acids is 2. The summed E-state index contributed by atoms with van der Waals surface area (Å²) in [6, 6.07) is 14.5. The molecule has 3 aromatic rings. The van der Waals surface area contributed by atoms with Crippen molar-refractivity contribution in [2.24, 2.45) is 7.05 Å². The van der Waals surface area contributed by atoms with Crippen LogP contribution in [0.15, 0.2) is 58.2 Å². The van der Waals surface area contributed by atoms with Crippen LogP contribution in [0.3, 0.4) is 0 Å². The first-order valence-corrected chi connectivity index (χ1v) is 11.3. The Balaban J connectivity index is 1.46. The summed E-state index contributed by atoms with van der Waals surface area (Å²) in [6.45, 7) is 1.88. The summed E-state index contributed by atoms with van der Waals surface area (Å²) < 4.78 is 8.23. The third-order valence-electron chi connectivity index (χ3n) is 4.81. The minimum Gasteiger partial charge on any atom is -0.482 e. The van der Waals surface area contributed by atoms with Crippen LogP contribution in [-0.2, 0) is 16.6 Å². The molecule has 2 heterocycles. The molecule has 8 nitrogen and oxygen atoms in total. The number of aromatic nitrogens is 3. The van der Waals surface area contributed by atoms with E-state index in [2.05, 4.69) is 31.4 Å². The molecule has 160 valence electrons. The average Bonchev–Trinajstić information content (AvgIpc) is 3.12. The molecule has 0 saturated carbocycles. The number of anilines is 2. The molecule has 1 aromatic heterocycles. The molecular formula is C21H20BrN5O3S. The van der Waals surface area contributed by atoms with E-state index >= 15 is 0 Å². The van der Waals surface area contributed by atoms with Gasteiger partial charge in [0.05, 0.1) is 17.5 Å². The summed E-state index contributed by atoms with van der Waals surface area (Å²) in [7, 11) is 1.83. The topological polar surface area (TPSA) is 89.4 Å². The smallest absolute Gasteiger partial charge is 0.265 e. The molecule has 0 aliphatic carbocycles. The van der Waals surface area contributed by atoms with Crippen molar-refractivity contribution in [3.8, 4) is 5.75 Å². The second kappa shape index (κ2) is 9.11. The monoisotopic (exact) mass is 501 g/mol. The normalized spacial score (nSPS) is 14.0. The number of amides is 2. The largest absolute Gasteiger partial charge is 0.482 e. The maximum absolute atomic E-state index is 12.6. The lowest BCUT2D eigenvalue weighted by molar-refractivity contribution is -0.121. The van der Waals surface area contributed by atoms with E-state index < -0.39 is 0 Å². The van der Waals surface area contributed by atoms with Crippen LogP contribution in [-0.4, -0.2) is 38.9 Å². The van der Waals surface area contributed by atoms with Crippen LogP contribution >= 0.6 is 27.7 Å². The van der Waals surface area contributed by atoms with E-state index in [9.17, 15) is 9.59 Å². The molecule has 0 radical (unpaired) electrons. The summed E-state index contributed by atoms with van der Waals surface area (Å²) in [6.07, 6.45) is 0. The lowest BCUT2D eigenvalue weighted by Gasteiger charge is -2.33. The van der Waals surface area contributed by atoms with Crippen LogP contribution in [0.25, 0.3) is 0 Å². The summed E-state index contributed by atoms with van der Waals surface area (Å²) in [4.78, 5) is 26.6. The van der Waals surface area contributed by atoms with E-state index in [0.717, 1.165) is 10.2 Å². The summed E-state index contributed by atoms with van der Waals surface area (Å²) in [5.74, 6) is 1.19. The minimum atomic E-state index is -0.347. The number of thioether (sulfide) groups is 1. The maximum atomic E-state index is 12.6. The fourth-order valence-corrected chi connectivity index (χ4v) is 4.49. The number of ether oxygens (including phenoxy) is 1. The van der Waals surface area contributed by atoms with E-state index in [1.165, 1.54) is 11.8 Å². The highest BCUT2D eigenvalue weighted by atomic mass is 79.9. The van der Waals surface area contributed by atoms with Crippen LogP contribution in [0.5, 0.6) is 5.75 Å². The first-order valence-electron chi connectivity index (χ1n) is 9.55. The van der Waals surface area contributed by atoms with E-state index in [1.54, 1.807) is 4.90 Å². The van der Waals surface area contributed by atoms with Crippen molar-refractivity contribution >= 4 is 50.9 Å². The van der Waals surface area contributed by atoms with Gasteiger partial charge in [-0.3, -0.25) is 14.5 Å². The molecule has 4 rings (SSSR count). The van der Waals surface area contributed by atoms with Crippen molar-refractivity contribution in [2.75, 3.05) is 22.6 Å². The first kappa shape index (κ1) is 21.4. The Kier molecular flexibility index (Phi) is 6.28. The number of fused-ring (bicyclic) bond motifs is 1. The number of rotatable bonds is 6. The Bertz CT molecular complexity index is 1140. The van der Waals surface area contributed by atoms with Gasteiger partial charge in [-0.05, 0) is 37.3 Å². The van der Waals surface area contributed by atoms with Crippen LogP contribution in [0, 0.1) is 0 Å². The quantitative estimate of drug-likeness (QED) is 0.516. The molecule has 1 aliphatic rings. The van der Waals surface area contributed by atoms with Gasteiger partial charge in [0, 0.05) is 17.2 Å². The van der Waals surface area contributed by atoms with Gasteiger partial charge in [0.1, 0.15) is 5.75 Å². The third kappa shape index (κ3) is 4.59. The minimum absolute atomic E-state index is 0.0173. The zero-order valence-corrected chi connectivity index (χ0v) is 19.3. The molecule has 1 N–H and O–H groups in total. The van der Waals surface area contributed by atoms with Gasteiger partial charge in [-0.25, -0.2) is 0 Å². The molecule has 0 fully saturated rings. The molecule has 1 atom stereocenters. The Morgan fingerprint density at radius 3 is 2.87 bits per heavy atom. The Morgan fingerprint density at radius 1 is 1.26 bits per heavy atom. The van der Waals surface area contributed by atoms with Gasteiger partial charge in [0.25, 0.3) is 5.91 Å². The molecule has 0 bridgehead atoms. The zero-order chi connectivity index (χ0) is 22.0. The van der Waals surface area contributed by atoms with Crippen molar-refractivity contribution in [2.45, 2.75) is 18.1 Å². The molecule has 2 amide bonds. The number of nitrogens with zero attached hydrogens (tertiary/aromatic N) is 4. The molecule has 0 saturated heterocycles. The van der Waals surface area contributed by atoms with Crippen LogP contribution in [0.2, 0.25) is 0 Å². The van der Waals surface area contributed by atoms with Crippen molar-refractivity contribution in [1.82, 2.24) is 14.8 Å². The number of halogens is 1. The molecular weight excluding hydrogens is 482 g/mol. The van der Waals surface area contributed by atoms with E-state index in [4.69, 9.17) is 4.74 Å². The fourth-order valence-electron chi connectivity index (χ4n) is 3.37. The van der Waals surface area contributed by atoms with Crippen LogP contribution < -0.4 is 15.0 Å². The van der Waals surface area contributed by atoms with Crippen LogP contribution in [0.1, 0.15) is 18.8 Å². The predicted octanol–water partition coefficient (Wildman–Crippen LogP) is 3.80. The number of carbonyl (C=O) groups is 2. The first-order chi connectivity index (χ1) is 14.9. The lowest BCUT2D eigenvalue weighted by atomic mass is 10.1. The number of benzene rings is 2. The van der Waals surface area contributed by atoms with Gasteiger partial charge in [-0.2, -0.15) is 0 Å². The predicted molar refractivity (Wildman–Crippen MR) is 122 cm³/mol. The summed E-state index contributed by atoms with van der Waals surface area (Å²) in [5.41, 5.74) is 1.42. The number of hydrogen-bond acceptors (Lipinski definition) is 6. The van der Waals surface area contributed by atoms with E-state index in [0.29, 0.717) is 22.4 Å². The standard InChI is InChI=1S/C21H20BrN5O3S/c1-13(27-16-8-3-4-9-17(16)30-11-19(27)29)20-24-25-21(26(20)2)31-12-18(28)23-15-7-5-6-14(22)10-15/h3-10,13H,11-12H2,1-2H3,(H,23,28)/t13-/m1/s1.